The minimum Gasteiger partial charge on any atom is -0.490 e. The number of carbonyl (C=O) groups is 2. The number of benzene rings is 3. The molecular formula is C33H35F2NO5. The lowest BCUT2D eigenvalue weighted by Gasteiger charge is -2.36. The molecule has 0 aliphatic carbocycles. The van der Waals surface area contributed by atoms with Crippen LogP contribution in [0.1, 0.15) is 72.2 Å². The smallest absolute Gasteiger partial charge is 0.337 e. The van der Waals surface area contributed by atoms with E-state index < -0.39 is 29.3 Å². The molecule has 0 bridgehead atoms. The minimum atomic E-state index is -1.36. The van der Waals surface area contributed by atoms with Crippen LogP contribution in [-0.2, 0) is 33.7 Å². The first kappa shape index (κ1) is 28.7. The Morgan fingerprint density at radius 1 is 1.05 bits per heavy atom. The Morgan fingerprint density at radius 2 is 1.78 bits per heavy atom. The third kappa shape index (κ3) is 5.21. The van der Waals surface area contributed by atoms with Crippen molar-refractivity contribution in [3.05, 3.63) is 80.9 Å². The minimum absolute atomic E-state index is 0.0129. The predicted molar refractivity (Wildman–Crippen MR) is 152 cm³/mol. The predicted octanol–water partition coefficient (Wildman–Crippen LogP) is 6.91. The zero-order chi connectivity index (χ0) is 29.8. The average Bonchev–Trinajstić information content (AvgIpc) is 2.91. The molecule has 1 amide bonds. The number of fused-ring (bicyclic) bond motifs is 2. The molecule has 5 rings (SSSR count). The van der Waals surface area contributed by atoms with Crippen molar-refractivity contribution in [3.63, 3.8) is 0 Å². The molecule has 6 nitrogen and oxygen atoms in total. The molecule has 2 aliphatic rings. The monoisotopic (exact) mass is 563 g/mol. The fourth-order valence-electron chi connectivity index (χ4n) is 6.16. The van der Waals surface area contributed by atoms with Crippen molar-refractivity contribution in [3.8, 4) is 16.9 Å². The number of carboxylic acids is 1. The molecule has 3 aromatic carbocycles. The Labute approximate surface area is 238 Å². The standard InChI is InChI=1S/C33H35F2NO5/c1-17-22-11-8-12-40-30(22)26(35)14-24(17)28-19(3)25-16-36(21-10-7-9-20(34)13-21)27(37)15-23(25)18(2)29(28)31(32(38)39)41-33(4,5)6/h7,9-10,13-14,31H,8,11-12,15-16H2,1-6H3,(H,38,39). The van der Waals surface area contributed by atoms with Crippen LogP contribution in [0.25, 0.3) is 11.1 Å². The van der Waals surface area contributed by atoms with Crippen molar-refractivity contribution >= 4 is 17.6 Å². The highest BCUT2D eigenvalue weighted by Crippen LogP contribution is 2.46. The number of ether oxygens (including phenoxy) is 2. The number of carboxylic acid groups (broad SMARTS) is 1. The van der Waals surface area contributed by atoms with Gasteiger partial charge in [0.25, 0.3) is 0 Å². The van der Waals surface area contributed by atoms with Gasteiger partial charge in [-0.1, -0.05) is 6.07 Å². The maximum Gasteiger partial charge on any atom is 0.337 e. The van der Waals surface area contributed by atoms with Crippen LogP contribution in [0.4, 0.5) is 14.5 Å². The largest absolute Gasteiger partial charge is 0.490 e. The van der Waals surface area contributed by atoms with E-state index in [9.17, 15) is 19.1 Å². The van der Waals surface area contributed by atoms with E-state index in [-0.39, 0.29) is 24.6 Å². The third-order valence-corrected chi connectivity index (χ3v) is 8.05. The second-order valence-electron chi connectivity index (χ2n) is 11.9. The van der Waals surface area contributed by atoms with Crippen LogP contribution in [0, 0.1) is 32.4 Å². The molecule has 8 heteroatoms. The number of anilines is 1. The molecule has 0 saturated carbocycles. The van der Waals surface area contributed by atoms with Gasteiger partial charge in [-0.15, -0.1) is 0 Å². The van der Waals surface area contributed by atoms with Gasteiger partial charge in [-0.05, 0) is 118 Å². The summed E-state index contributed by atoms with van der Waals surface area (Å²) >= 11 is 0. The molecule has 1 atom stereocenters. The van der Waals surface area contributed by atoms with Gasteiger partial charge >= 0.3 is 5.97 Å². The second-order valence-corrected chi connectivity index (χ2v) is 11.9. The highest BCUT2D eigenvalue weighted by atomic mass is 19.1. The summed E-state index contributed by atoms with van der Waals surface area (Å²) in [6.07, 6.45) is 0.0490. The molecule has 0 fully saturated rings. The van der Waals surface area contributed by atoms with Gasteiger partial charge in [0.2, 0.25) is 5.91 Å². The average molecular weight is 564 g/mol. The summed E-state index contributed by atoms with van der Waals surface area (Å²) < 4.78 is 41.4. The maximum absolute atomic E-state index is 15.5. The number of amides is 1. The lowest BCUT2D eigenvalue weighted by molar-refractivity contribution is -0.160. The summed E-state index contributed by atoms with van der Waals surface area (Å²) in [5, 5.41) is 10.4. The van der Waals surface area contributed by atoms with E-state index in [2.05, 4.69) is 0 Å². The van der Waals surface area contributed by atoms with Gasteiger partial charge in [0, 0.05) is 16.8 Å². The molecule has 0 aromatic heterocycles. The third-order valence-electron chi connectivity index (χ3n) is 8.05. The number of carbonyl (C=O) groups excluding carboxylic acids is 1. The fourth-order valence-corrected chi connectivity index (χ4v) is 6.16. The molecule has 3 aromatic rings. The van der Waals surface area contributed by atoms with Crippen molar-refractivity contribution in [2.45, 2.75) is 79.1 Å². The van der Waals surface area contributed by atoms with E-state index in [0.717, 1.165) is 34.2 Å². The van der Waals surface area contributed by atoms with E-state index in [1.54, 1.807) is 39.8 Å². The van der Waals surface area contributed by atoms with Gasteiger partial charge in [-0.25, -0.2) is 13.6 Å². The molecule has 1 unspecified atom stereocenters. The Hall–Kier alpha value is -3.78. The second kappa shape index (κ2) is 10.6. The molecular weight excluding hydrogens is 528 g/mol. The normalized spacial score (nSPS) is 15.7. The van der Waals surface area contributed by atoms with Crippen molar-refractivity contribution < 1.29 is 33.0 Å². The Balaban J connectivity index is 1.81. The van der Waals surface area contributed by atoms with Crippen LogP contribution in [0.2, 0.25) is 0 Å². The summed E-state index contributed by atoms with van der Waals surface area (Å²) in [5.74, 6) is -2.10. The first-order valence-electron chi connectivity index (χ1n) is 13.8. The summed E-state index contributed by atoms with van der Waals surface area (Å²) in [6.45, 7) is 11.5. The van der Waals surface area contributed by atoms with E-state index >= 15 is 4.39 Å². The molecule has 41 heavy (non-hydrogen) atoms. The van der Waals surface area contributed by atoms with E-state index in [4.69, 9.17) is 9.47 Å². The first-order valence-corrected chi connectivity index (χ1v) is 13.8. The van der Waals surface area contributed by atoms with Gasteiger partial charge in [-0.2, -0.15) is 0 Å². The highest BCUT2D eigenvalue weighted by Gasteiger charge is 2.37. The number of hydrogen-bond donors (Lipinski definition) is 1. The van der Waals surface area contributed by atoms with Gasteiger partial charge in [-0.3, -0.25) is 4.79 Å². The Morgan fingerprint density at radius 3 is 2.44 bits per heavy atom. The molecule has 2 aliphatic heterocycles. The van der Waals surface area contributed by atoms with Gasteiger partial charge in [0.1, 0.15) is 5.82 Å². The highest BCUT2D eigenvalue weighted by molar-refractivity contribution is 5.98. The van der Waals surface area contributed by atoms with Crippen LogP contribution in [0.15, 0.2) is 30.3 Å². The van der Waals surface area contributed by atoms with E-state index in [1.165, 1.54) is 23.1 Å². The lowest BCUT2D eigenvalue weighted by atomic mass is 9.78. The molecule has 0 radical (unpaired) electrons. The topological polar surface area (TPSA) is 76.1 Å². The van der Waals surface area contributed by atoms with Crippen molar-refractivity contribution in [1.82, 2.24) is 0 Å². The van der Waals surface area contributed by atoms with Crippen molar-refractivity contribution in [2.75, 3.05) is 11.5 Å². The van der Waals surface area contributed by atoms with Gasteiger partial charge < -0.3 is 19.5 Å². The molecule has 0 saturated heterocycles. The van der Waals surface area contributed by atoms with E-state index in [1.807, 2.05) is 13.8 Å². The zero-order valence-corrected chi connectivity index (χ0v) is 24.3. The molecule has 2 heterocycles. The maximum atomic E-state index is 15.5. The summed E-state index contributed by atoms with van der Waals surface area (Å²) in [7, 11) is 0. The van der Waals surface area contributed by atoms with Crippen LogP contribution in [0.5, 0.6) is 5.75 Å². The number of halogens is 2. The molecule has 1 N–H and O–H groups in total. The van der Waals surface area contributed by atoms with Crippen LogP contribution in [0.3, 0.4) is 0 Å². The lowest BCUT2D eigenvalue weighted by Crippen LogP contribution is -2.38. The molecule has 216 valence electrons. The first-order chi connectivity index (χ1) is 19.3. The van der Waals surface area contributed by atoms with Crippen molar-refractivity contribution in [1.29, 1.82) is 0 Å². The Bertz CT molecular complexity index is 1570. The zero-order valence-electron chi connectivity index (χ0n) is 24.3. The quantitative estimate of drug-likeness (QED) is 0.365. The van der Waals surface area contributed by atoms with Crippen LogP contribution in [-0.4, -0.2) is 29.2 Å². The van der Waals surface area contributed by atoms with Crippen molar-refractivity contribution in [2.24, 2.45) is 0 Å². The Kier molecular flexibility index (Phi) is 7.40. The number of aliphatic carboxylic acids is 1. The van der Waals surface area contributed by atoms with Crippen LogP contribution < -0.4 is 9.64 Å². The summed E-state index contributed by atoms with van der Waals surface area (Å²) in [4.78, 5) is 27.7. The SMILES string of the molecule is Cc1c(-c2c(C)c3c(c(C)c2C(OC(C)(C)C)C(=O)O)CC(=O)N(c2cccc(F)c2)C3)cc(F)c2c1CCCO2. The van der Waals surface area contributed by atoms with Gasteiger partial charge in [0.05, 0.1) is 25.2 Å². The fraction of sp³-hybridized carbons (Fsp3) is 0.394. The number of nitrogens with zero attached hydrogens (tertiary/aromatic N) is 1. The molecule has 0 spiro atoms. The van der Waals surface area contributed by atoms with Gasteiger partial charge in [0.15, 0.2) is 17.7 Å². The summed E-state index contributed by atoms with van der Waals surface area (Å²) in [5.41, 5.74) is 5.71. The number of hydrogen-bond acceptors (Lipinski definition) is 4. The van der Waals surface area contributed by atoms with Crippen LogP contribution >= 0.6 is 0 Å². The summed E-state index contributed by atoms with van der Waals surface area (Å²) in [6, 6.07) is 7.31. The van der Waals surface area contributed by atoms with E-state index in [0.29, 0.717) is 41.0 Å². The number of rotatable bonds is 5.